The van der Waals surface area contributed by atoms with Crippen molar-refractivity contribution >= 4 is 5.97 Å². The van der Waals surface area contributed by atoms with Crippen LogP contribution in [0.15, 0.2) is 36.1 Å². The maximum atomic E-state index is 12.6. The molecule has 0 aliphatic heterocycles. The first kappa shape index (κ1) is 12.2. The van der Waals surface area contributed by atoms with Crippen LogP contribution in [0.4, 0.5) is 4.39 Å². The third kappa shape index (κ3) is 4.13. The van der Waals surface area contributed by atoms with E-state index in [4.69, 9.17) is 9.47 Å². The first-order valence-electron chi connectivity index (χ1n) is 4.90. The number of benzene rings is 1. The van der Waals surface area contributed by atoms with Crippen molar-refractivity contribution in [3.63, 3.8) is 0 Å². The molecule has 0 aromatic heterocycles. The van der Waals surface area contributed by atoms with E-state index in [9.17, 15) is 9.18 Å². The molecule has 0 bridgehead atoms. The second kappa shape index (κ2) is 5.90. The van der Waals surface area contributed by atoms with Gasteiger partial charge < -0.3 is 9.47 Å². The number of rotatable bonds is 4. The summed E-state index contributed by atoms with van der Waals surface area (Å²) in [7, 11) is 0. The van der Waals surface area contributed by atoms with Crippen LogP contribution in [0, 0.1) is 5.82 Å². The number of halogens is 1. The zero-order valence-electron chi connectivity index (χ0n) is 9.20. The topological polar surface area (TPSA) is 35.5 Å². The van der Waals surface area contributed by atoms with Crippen LogP contribution in [0.5, 0.6) is 5.75 Å². The summed E-state index contributed by atoms with van der Waals surface area (Å²) >= 11 is 0. The van der Waals surface area contributed by atoms with E-state index in [-0.39, 0.29) is 5.82 Å². The van der Waals surface area contributed by atoms with Gasteiger partial charge in [-0.25, -0.2) is 9.18 Å². The Morgan fingerprint density at radius 3 is 2.56 bits per heavy atom. The van der Waals surface area contributed by atoms with Crippen molar-refractivity contribution in [1.82, 2.24) is 0 Å². The fourth-order valence-electron chi connectivity index (χ4n) is 1.07. The Morgan fingerprint density at radius 1 is 1.38 bits per heavy atom. The smallest absolute Gasteiger partial charge is 0.334 e. The highest BCUT2D eigenvalue weighted by Gasteiger charge is 2.00. The van der Waals surface area contributed by atoms with E-state index in [2.05, 4.69) is 0 Å². The van der Waals surface area contributed by atoms with Gasteiger partial charge in [0.15, 0.2) is 0 Å². The van der Waals surface area contributed by atoms with Gasteiger partial charge in [0.25, 0.3) is 0 Å². The summed E-state index contributed by atoms with van der Waals surface area (Å²) in [6.45, 7) is 3.67. The summed E-state index contributed by atoms with van der Waals surface area (Å²) in [5.41, 5.74) is 0. The predicted octanol–water partition coefficient (Wildman–Crippen LogP) is 2.67. The van der Waals surface area contributed by atoms with E-state index in [0.29, 0.717) is 18.1 Å². The maximum absolute atomic E-state index is 12.6. The molecule has 0 heterocycles. The Balaban J connectivity index is 2.60. The highest BCUT2D eigenvalue weighted by atomic mass is 19.1. The third-order valence-electron chi connectivity index (χ3n) is 1.70. The van der Waals surface area contributed by atoms with Crippen molar-refractivity contribution in [1.29, 1.82) is 0 Å². The van der Waals surface area contributed by atoms with Gasteiger partial charge >= 0.3 is 5.97 Å². The van der Waals surface area contributed by atoms with E-state index >= 15 is 0 Å². The van der Waals surface area contributed by atoms with E-state index in [1.165, 1.54) is 30.3 Å². The molecule has 1 rings (SSSR count). The van der Waals surface area contributed by atoms with Gasteiger partial charge in [-0.15, -0.1) is 0 Å². The SMILES string of the molecule is CCOC(=O)/C=C(/C)Oc1ccc(F)cc1. The molecular weight excluding hydrogens is 211 g/mol. The van der Waals surface area contributed by atoms with Crippen molar-refractivity contribution in [2.24, 2.45) is 0 Å². The van der Waals surface area contributed by atoms with Gasteiger partial charge in [0.05, 0.1) is 12.7 Å². The Labute approximate surface area is 93.5 Å². The van der Waals surface area contributed by atoms with Crippen LogP contribution in [0.3, 0.4) is 0 Å². The Hall–Kier alpha value is -1.84. The van der Waals surface area contributed by atoms with Gasteiger partial charge in [-0.05, 0) is 38.1 Å². The molecule has 0 unspecified atom stereocenters. The summed E-state index contributed by atoms with van der Waals surface area (Å²) in [4.78, 5) is 11.1. The number of ether oxygens (including phenoxy) is 2. The summed E-state index contributed by atoms with van der Waals surface area (Å²) in [5, 5.41) is 0. The number of hydrogen-bond donors (Lipinski definition) is 0. The van der Waals surface area contributed by atoms with E-state index < -0.39 is 5.97 Å². The van der Waals surface area contributed by atoms with Crippen LogP contribution >= 0.6 is 0 Å². The quantitative estimate of drug-likeness (QED) is 0.448. The molecule has 0 saturated heterocycles. The molecule has 0 aliphatic carbocycles. The van der Waals surface area contributed by atoms with Crippen molar-refractivity contribution in [2.45, 2.75) is 13.8 Å². The summed E-state index contributed by atoms with van der Waals surface area (Å²) in [6, 6.07) is 5.54. The average Bonchev–Trinajstić information content (AvgIpc) is 2.21. The lowest BCUT2D eigenvalue weighted by Crippen LogP contribution is -2.02. The Bertz CT molecular complexity index is 382. The molecule has 0 saturated carbocycles. The predicted molar refractivity (Wildman–Crippen MR) is 57.4 cm³/mol. The van der Waals surface area contributed by atoms with Gasteiger partial charge in [0.1, 0.15) is 17.3 Å². The molecule has 16 heavy (non-hydrogen) atoms. The highest BCUT2D eigenvalue weighted by molar-refractivity contribution is 5.82. The monoisotopic (exact) mass is 224 g/mol. The van der Waals surface area contributed by atoms with Crippen molar-refractivity contribution < 1.29 is 18.7 Å². The lowest BCUT2D eigenvalue weighted by atomic mass is 10.3. The zero-order valence-corrected chi connectivity index (χ0v) is 9.20. The van der Waals surface area contributed by atoms with Gasteiger partial charge in [0.2, 0.25) is 0 Å². The lowest BCUT2D eigenvalue weighted by Gasteiger charge is -2.05. The standard InChI is InChI=1S/C12H13FO3/c1-3-15-12(14)8-9(2)16-11-6-4-10(13)5-7-11/h4-8H,3H2,1-2H3/b9-8-. The van der Waals surface area contributed by atoms with Crippen molar-refractivity contribution in [3.05, 3.63) is 41.9 Å². The second-order valence-corrected chi connectivity index (χ2v) is 3.06. The average molecular weight is 224 g/mol. The summed E-state index contributed by atoms with van der Waals surface area (Å²) < 4.78 is 22.6. The minimum absolute atomic E-state index is 0.319. The van der Waals surface area contributed by atoms with Crippen molar-refractivity contribution in [3.8, 4) is 5.75 Å². The molecule has 4 heteroatoms. The molecule has 86 valence electrons. The number of allylic oxidation sites excluding steroid dienone is 1. The first-order chi connectivity index (χ1) is 7.61. The zero-order chi connectivity index (χ0) is 12.0. The number of esters is 1. The van der Waals surface area contributed by atoms with Gasteiger partial charge in [-0.2, -0.15) is 0 Å². The van der Waals surface area contributed by atoms with Crippen LogP contribution in [0.2, 0.25) is 0 Å². The minimum atomic E-state index is -0.456. The maximum Gasteiger partial charge on any atom is 0.334 e. The highest BCUT2D eigenvalue weighted by Crippen LogP contribution is 2.14. The first-order valence-corrected chi connectivity index (χ1v) is 4.90. The van der Waals surface area contributed by atoms with E-state index in [0.717, 1.165) is 0 Å². The molecule has 0 fully saturated rings. The fraction of sp³-hybridized carbons (Fsp3) is 0.250. The molecule has 1 aromatic carbocycles. The van der Waals surface area contributed by atoms with Crippen molar-refractivity contribution in [2.75, 3.05) is 6.61 Å². The van der Waals surface area contributed by atoms with Gasteiger partial charge in [-0.3, -0.25) is 0 Å². The number of carbonyl (C=O) groups excluding carboxylic acids is 1. The van der Waals surface area contributed by atoms with Gasteiger partial charge in [0, 0.05) is 0 Å². The Morgan fingerprint density at radius 2 is 2.00 bits per heavy atom. The molecule has 0 N–H and O–H groups in total. The molecule has 0 atom stereocenters. The molecular formula is C12H13FO3. The molecule has 0 aliphatic rings. The van der Waals surface area contributed by atoms with Crippen LogP contribution in [-0.4, -0.2) is 12.6 Å². The number of hydrogen-bond acceptors (Lipinski definition) is 3. The van der Waals surface area contributed by atoms with Crippen LogP contribution in [0.25, 0.3) is 0 Å². The third-order valence-corrected chi connectivity index (χ3v) is 1.70. The Kier molecular flexibility index (Phi) is 4.51. The largest absolute Gasteiger partial charge is 0.463 e. The number of carbonyl (C=O) groups is 1. The van der Waals surface area contributed by atoms with Gasteiger partial charge in [-0.1, -0.05) is 0 Å². The lowest BCUT2D eigenvalue weighted by molar-refractivity contribution is -0.137. The van der Waals surface area contributed by atoms with Crippen LogP contribution < -0.4 is 4.74 Å². The molecule has 0 spiro atoms. The molecule has 0 radical (unpaired) electrons. The fourth-order valence-corrected chi connectivity index (χ4v) is 1.07. The second-order valence-electron chi connectivity index (χ2n) is 3.06. The minimum Gasteiger partial charge on any atom is -0.463 e. The summed E-state index contributed by atoms with van der Waals surface area (Å²) in [6.07, 6.45) is 1.24. The molecule has 3 nitrogen and oxygen atoms in total. The van der Waals surface area contributed by atoms with Crippen LogP contribution in [-0.2, 0) is 9.53 Å². The van der Waals surface area contributed by atoms with E-state index in [1.807, 2.05) is 0 Å². The normalized spacial score (nSPS) is 11.1. The summed E-state index contributed by atoms with van der Waals surface area (Å²) in [5.74, 6) is 0.0750. The van der Waals surface area contributed by atoms with E-state index in [1.54, 1.807) is 13.8 Å². The molecule has 1 aromatic rings. The molecule has 0 amide bonds. The van der Waals surface area contributed by atoms with Crippen LogP contribution in [0.1, 0.15) is 13.8 Å².